The summed E-state index contributed by atoms with van der Waals surface area (Å²) < 4.78 is 0. The molecule has 0 aliphatic carbocycles. The molecule has 1 amide bonds. The standard InChI is InChI=1S/C20H34N6O/c1-15-12-18(25(4)5)7-6-16(15)13-23-20(22-3)24-17-8-10-26(11-9-17)14-19(27)21-2/h6-7,12,17H,8-11,13-14H2,1-5H3,(H,21,27)(H2,22,23,24). The summed E-state index contributed by atoms with van der Waals surface area (Å²) in [4.78, 5) is 20.2. The lowest BCUT2D eigenvalue weighted by Gasteiger charge is -2.32. The predicted molar refractivity (Wildman–Crippen MR) is 112 cm³/mol. The van der Waals surface area contributed by atoms with Crippen LogP contribution in [0.4, 0.5) is 5.69 Å². The first-order chi connectivity index (χ1) is 12.9. The lowest BCUT2D eigenvalue weighted by atomic mass is 10.1. The Labute approximate surface area is 163 Å². The number of guanidine groups is 1. The lowest BCUT2D eigenvalue weighted by molar-refractivity contribution is -0.122. The second-order valence-corrected chi connectivity index (χ2v) is 7.30. The first-order valence-electron chi connectivity index (χ1n) is 9.60. The zero-order chi connectivity index (χ0) is 19.8. The molecule has 2 rings (SSSR count). The van der Waals surface area contributed by atoms with Gasteiger partial charge in [0.05, 0.1) is 6.54 Å². The van der Waals surface area contributed by atoms with Gasteiger partial charge in [0, 0.05) is 59.6 Å². The van der Waals surface area contributed by atoms with Gasteiger partial charge in [0.15, 0.2) is 5.96 Å². The van der Waals surface area contributed by atoms with Crippen LogP contribution in [-0.2, 0) is 11.3 Å². The maximum absolute atomic E-state index is 11.5. The highest BCUT2D eigenvalue weighted by Gasteiger charge is 2.21. The van der Waals surface area contributed by atoms with Crippen molar-refractivity contribution in [1.82, 2.24) is 20.9 Å². The molecule has 1 aromatic carbocycles. The van der Waals surface area contributed by atoms with E-state index in [9.17, 15) is 4.79 Å². The molecular weight excluding hydrogens is 340 g/mol. The molecule has 150 valence electrons. The number of nitrogens with one attached hydrogen (secondary N) is 3. The topological polar surface area (TPSA) is 72.0 Å². The molecule has 1 aromatic rings. The van der Waals surface area contributed by atoms with Gasteiger partial charge in [-0.3, -0.25) is 14.7 Å². The second kappa shape index (κ2) is 10.2. The van der Waals surface area contributed by atoms with Crippen LogP contribution in [-0.4, -0.2) is 70.6 Å². The smallest absolute Gasteiger partial charge is 0.233 e. The summed E-state index contributed by atoms with van der Waals surface area (Å²) in [5.74, 6) is 0.908. The maximum atomic E-state index is 11.5. The number of carbonyl (C=O) groups is 1. The fourth-order valence-electron chi connectivity index (χ4n) is 3.24. The number of aryl methyl sites for hydroxylation is 1. The van der Waals surface area contributed by atoms with E-state index in [-0.39, 0.29) is 5.91 Å². The van der Waals surface area contributed by atoms with Crippen molar-refractivity contribution in [3.05, 3.63) is 29.3 Å². The minimum atomic E-state index is 0.0783. The van der Waals surface area contributed by atoms with Gasteiger partial charge >= 0.3 is 0 Å². The third-order valence-electron chi connectivity index (χ3n) is 5.09. The van der Waals surface area contributed by atoms with Gasteiger partial charge in [-0.1, -0.05) is 6.07 Å². The van der Waals surface area contributed by atoms with Crippen molar-refractivity contribution in [2.75, 3.05) is 52.7 Å². The van der Waals surface area contributed by atoms with E-state index in [0.717, 1.165) is 38.4 Å². The van der Waals surface area contributed by atoms with Crippen LogP contribution in [0.25, 0.3) is 0 Å². The molecule has 0 spiro atoms. The third kappa shape index (κ3) is 6.43. The van der Waals surface area contributed by atoms with Crippen LogP contribution in [0.15, 0.2) is 23.2 Å². The number of benzene rings is 1. The van der Waals surface area contributed by atoms with Crippen LogP contribution in [0.3, 0.4) is 0 Å². The highest BCUT2D eigenvalue weighted by Crippen LogP contribution is 2.17. The van der Waals surface area contributed by atoms with Crippen molar-refractivity contribution in [2.45, 2.75) is 32.4 Å². The molecular formula is C20H34N6O. The van der Waals surface area contributed by atoms with Gasteiger partial charge in [-0.15, -0.1) is 0 Å². The van der Waals surface area contributed by atoms with Crippen LogP contribution < -0.4 is 20.9 Å². The van der Waals surface area contributed by atoms with Crippen LogP contribution in [0.2, 0.25) is 0 Å². The number of likely N-dealkylation sites (N-methyl/N-ethyl adjacent to an activating group) is 1. The number of likely N-dealkylation sites (tertiary alicyclic amines) is 1. The number of amides is 1. The molecule has 0 unspecified atom stereocenters. The van der Waals surface area contributed by atoms with Crippen LogP contribution in [0, 0.1) is 6.92 Å². The van der Waals surface area contributed by atoms with Gasteiger partial charge in [-0.2, -0.15) is 0 Å². The van der Waals surface area contributed by atoms with Gasteiger partial charge in [0.2, 0.25) is 5.91 Å². The van der Waals surface area contributed by atoms with E-state index in [0.29, 0.717) is 12.6 Å². The molecule has 7 heteroatoms. The molecule has 0 radical (unpaired) electrons. The predicted octanol–water partition coefficient (Wildman–Crippen LogP) is 0.936. The molecule has 1 fully saturated rings. The van der Waals surface area contributed by atoms with E-state index in [1.807, 2.05) is 0 Å². The van der Waals surface area contributed by atoms with E-state index in [4.69, 9.17) is 0 Å². The lowest BCUT2D eigenvalue weighted by Crippen LogP contribution is -2.49. The Morgan fingerprint density at radius 1 is 1.30 bits per heavy atom. The minimum Gasteiger partial charge on any atom is -0.378 e. The Hall–Kier alpha value is -2.28. The monoisotopic (exact) mass is 374 g/mol. The first-order valence-corrected chi connectivity index (χ1v) is 9.60. The summed E-state index contributed by atoms with van der Waals surface area (Å²) in [7, 11) is 7.59. The van der Waals surface area contributed by atoms with E-state index >= 15 is 0 Å². The van der Waals surface area contributed by atoms with Gasteiger partial charge in [0.25, 0.3) is 0 Å². The number of rotatable bonds is 6. The summed E-state index contributed by atoms with van der Waals surface area (Å²) in [5.41, 5.74) is 3.75. The van der Waals surface area contributed by atoms with E-state index in [2.05, 4.69) is 70.0 Å². The SMILES string of the molecule is CN=C(NCc1ccc(N(C)C)cc1C)NC1CCN(CC(=O)NC)CC1. The fraction of sp³-hybridized carbons (Fsp3) is 0.600. The molecule has 27 heavy (non-hydrogen) atoms. The molecule has 0 atom stereocenters. The average molecular weight is 375 g/mol. The molecule has 1 saturated heterocycles. The molecule has 7 nitrogen and oxygen atoms in total. The Bertz CT molecular complexity index is 650. The van der Waals surface area contributed by atoms with Gasteiger partial charge in [-0.25, -0.2) is 0 Å². The van der Waals surface area contributed by atoms with Gasteiger partial charge < -0.3 is 20.9 Å². The summed E-state index contributed by atoms with van der Waals surface area (Å²) in [6, 6.07) is 6.90. The molecule has 0 saturated carbocycles. The van der Waals surface area contributed by atoms with E-state index < -0.39 is 0 Å². The first kappa shape index (κ1) is 21.0. The maximum Gasteiger partial charge on any atom is 0.233 e. The molecule has 1 heterocycles. The molecule has 3 N–H and O–H groups in total. The highest BCUT2D eigenvalue weighted by molar-refractivity contribution is 5.80. The fourth-order valence-corrected chi connectivity index (χ4v) is 3.24. The Kier molecular flexibility index (Phi) is 7.91. The Balaban J connectivity index is 1.81. The number of nitrogens with zero attached hydrogens (tertiary/aromatic N) is 3. The third-order valence-corrected chi connectivity index (χ3v) is 5.09. The van der Waals surface area contributed by atoms with Crippen molar-refractivity contribution in [3.8, 4) is 0 Å². The number of aliphatic imine (C=N–C) groups is 1. The summed E-state index contributed by atoms with van der Waals surface area (Å²) in [6.45, 7) is 5.22. The van der Waals surface area contributed by atoms with Crippen molar-refractivity contribution >= 4 is 17.6 Å². The summed E-state index contributed by atoms with van der Waals surface area (Å²) >= 11 is 0. The van der Waals surface area contributed by atoms with Crippen molar-refractivity contribution in [3.63, 3.8) is 0 Å². The summed E-state index contributed by atoms with van der Waals surface area (Å²) in [6.07, 6.45) is 2.02. The molecule has 0 bridgehead atoms. The van der Waals surface area contributed by atoms with Crippen molar-refractivity contribution in [2.24, 2.45) is 4.99 Å². The van der Waals surface area contributed by atoms with Gasteiger partial charge in [-0.05, 0) is 43.0 Å². The Morgan fingerprint density at radius 3 is 2.56 bits per heavy atom. The largest absolute Gasteiger partial charge is 0.378 e. The van der Waals surface area contributed by atoms with Crippen LogP contribution in [0.1, 0.15) is 24.0 Å². The van der Waals surface area contributed by atoms with E-state index in [1.165, 1.54) is 16.8 Å². The average Bonchev–Trinajstić information content (AvgIpc) is 2.66. The number of anilines is 1. The number of carbonyl (C=O) groups excluding carboxylic acids is 1. The Morgan fingerprint density at radius 2 is 2.00 bits per heavy atom. The highest BCUT2D eigenvalue weighted by atomic mass is 16.1. The molecule has 1 aliphatic heterocycles. The van der Waals surface area contributed by atoms with Crippen LogP contribution >= 0.6 is 0 Å². The van der Waals surface area contributed by atoms with E-state index in [1.54, 1.807) is 14.1 Å². The van der Waals surface area contributed by atoms with Crippen LogP contribution in [0.5, 0.6) is 0 Å². The zero-order valence-electron chi connectivity index (χ0n) is 17.3. The summed E-state index contributed by atoms with van der Waals surface area (Å²) in [5, 5.41) is 9.62. The quantitative estimate of drug-likeness (QED) is 0.511. The molecule has 1 aliphatic rings. The second-order valence-electron chi connectivity index (χ2n) is 7.30. The normalized spacial score (nSPS) is 16.1. The number of piperidine rings is 1. The molecule has 0 aromatic heterocycles. The van der Waals surface area contributed by atoms with Crippen molar-refractivity contribution < 1.29 is 4.79 Å². The van der Waals surface area contributed by atoms with Gasteiger partial charge in [0.1, 0.15) is 0 Å². The number of hydrogen-bond acceptors (Lipinski definition) is 4. The zero-order valence-corrected chi connectivity index (χ0v) is 17.3. The van der Waals surface area contributed by atoms with Crippen molar-refractivity contribution in [1.29, 1.82) is 0 Å². The number of hydrogen-bond donors (Lipinski definition) is 3. The minimum absolute atomic E-state index is 0.0783.